The minimum absolute atomic E-state index is 0.342. The number of halogens is 4. The largest absolute Gasteiger partial charge is 0.416 e. The molecule has 0 bridgehead atoms. The summed E-state index contributed by atoms with van der Waals surface area (Å²) >= 11 is 6.52. The first-order valence-corrected chi connectivity index (χ1v) is 12.3. The van der Waals surface area contributed by atoms with Gasteiger partial charge in [0.05, 0.1) is 17.1 Å². The Bertz CT molecular complexity index is 1320. The molecule has 0 aliphatic carbocycles. The van der Waals surface area contributed by atoms with Crippen LogP contribution in [0.5, 0.6) is 0 Å². The van der Waals surface area contributed by atoms with Crippen LogP contribution in [0.25, 0.3) is 0 Å². The van der Waals surface area contributed by atoms with Crippen molar-refractivity contribution in [3.8, 4) is 0 Å². The molecule has 0 fully saturated rings. The summed E-state index contributed by atoms with van der Waals surface area (Å²) in [5.74, 6) is 0.446. The van der Waals surface area contributed by atoms with Gasteiger partial charge in [-0.15, -0.1) is 5.10 Å². The van der Waals surface area contributed by atoms with Crippen molar-refractivity contribution in [3.05, 3.63) is 106 Å². The average Bonchev–Trinajstić information content (AvgIpc) is 3.36. The molecule has 0 aliphatic rings. The third-order valence-electron chi connectivity index (χ3n) is 6.51. The Balaban J connectivity index is 1.92. The van der Waals surface area contributed by atoms with Crippen LogP contribution in [0.1, 0.15) is 61.3 Å². The quantitative estimate of drug-likeness (QED) is 0.242. The van der Waals surface area contributed by atoms with Crippen LogP contribution >= 0.6 is 11.6 Å². The van der Waals surface area contributed by atoms with E-state index >= 15 is 0 Å². The second-order valence-electron chi connectivity index (χ2n) is 9.50. The van der Waals surface area contributed by atoms with Crippen LogP contribution in [0.3, 0.4) is 0 Å². The molecule has 2 aromatic heterocycles. The fraction of sp³-hybridized carbons (Fsp3) is 0.333. The molecule has 2 aromatic carbocycles. The smallest absolute Gasteiger partial charge is 0.281 e. The number of tetrazole rings is 1. The Labute approximate surface area is 219 Å². The van der Waals surface area contributed by atoms with Crippen LogP contribution < -0.4 is 0 Å². The number of hydrogen-bond donors (Lipinski definition) is 0. The number of pyridine rings is 1. The van der Waals surface area contributed by atoms with Gasteiger partial charge < -0.3 is 0 Å². The minimum atomic E-state index is -4.49. The monoisotopic (exact) mass is 528 g/mol. The van der Waals surface area contributed by atoms with E-state index in [0.29, 0.717) is 35.9 Å². The van der Waals surface area contributed by atoms with Gasteiger partial charge >= 0.3 is 6.18 Å². The van der Waals surface area contributed by atoms with Crippen LogP contribution in [-0.2, 0) is 24.8 Å². The normalized spacial score (nSPS) is 13.2. The highest BCUT2D eigenvalue weighted by molar-refractivity contribution is 6.31. The van der Waals surface area contributed by atoms with Crippen molar-refractivity contribution in [2.45, 2.75) is 58.0 Å². The van der Waals surface area contributed by atoms with Gasteiger partial charge in [0.2, 0.25) is 0 Å². The lowest BCUT2D eigenvalue weighted by Crippen LogP contribution is -2.36. The molecule has 0 amide bonds. The zero-order valence-corrected chi connectivity index (χ0v) is 21.6. The number of nitrogens with zero attached hydrogens (tertiary/aromatic N) is 6. The standard InChI is InChI=1S/C27H28ClF3N6/c1-4-26(2,3)37-25(33-34-35-37)24(20-11-7-12-22(15-20)27(29,30)31)36(17-19-9-8-14-32-16-19)18-21-10-5-6-13-23(21)28/h5-16,24H,4,17-18H2,1-3H3/t24-/m0/s1. The second-order valence-corrected chi connectivity index (χ2v) is 9.91. The van der Waals surface area contributed by atoms with Crippen molar-refractivity contribution >= 4 is 11.6 Å². The van der Waals surface area contributed by atoms with Crippen LogP contribution in [0, 0.1) is 0 Å². The molecule has 0 spiro atoms. The van der Waals surface area contributed by atoms with Crippen LogP contribution in [0.4, 0.5) is 13.2 Å². The number of alkyl halides is 3. The molecule has 0 saturated carbocycles. The summed E-state index contributed by atoms with van der Waals surface area (Å²) in [6, 6.07) is 15.8. The molecular weight excluding hydrogens is 501 g/mol. The van der Waals surface area contributed by atoms with E-state index in [9.17, 15) is 13.2 Å². The molecule has 2 heterocycles. The van der Waals surface area contributed by atoms with Crippen molar-refractivity contribution in [1.82, 2.24) is 30.1 Å². The molecule has 10 heteroatoms. The Morgan fingerprint density at radius 1 is 1.00 bits per heavy atom. The van der Waals surface area contributed by atoms with Crippen molar-refractivity contribution < 1.29 is 13.2 Å². The first kappa shape index (κ1) is 26.8. The van der Waals surface area contributed by atoms with E-state index in [0.717, 1.165) is 17.2 Å². The predicted molar refractivity (Wildman–Crippen MR) is 136 cm³/mol. The fourth-order valence-corrected chi connectivity index (χ4v) is 4.36. The zero-order valence-electron chi connectivity index (χ0n) is 20.8. The van der Waals surface area contributed by atoms with E-state index in [4.69, 9.17) is 11.6 Å². The maximum atomic E-state index is 13.8. The Morgan fingerprint density at radius 2 is 1.78 bits per heavy atom. The van der Waals surface area contributed by atoms with Gasteiger partial charge in [0, 0.05) is 30.5 Å². The summed E-state index contributed by atoms with van der Waals surface area (Å²) in [5.41, 5.74) is 0.944. The maximum absolute atomic E-state index is 13.8. The topological polar surface area (TPSA) is 59.7 Å². The number of benzene rings is 2. The van der Waals surface area contributed by atoms with Gasteiger partial charge in [-0.05, 0) is 71.7 Å². The molecule has 1 atom stereocenters. The highest BCUT2D eigenvalue weighted by Gasteiger charge is 2.36. The first-order chi connectivity index (χ1) is 17.6. The summed E-state index contributed by atoms with van der Waals surface area (Å²) in [5, 5.41) is 13.1. The molecule has 4 aromatic rings. The summed E-state index contributed by atoms with van der Waals surface area (Å²) < 4.78 is 43.0. The van der Waals surface area contributed by atoms with Crippen molar-refractivity contribution in [2.75, 3.05) is 0 Å². The van der Waals surface area contributed by atoms with E-state index in [1.54, 1.807) is 29.2 Å². The number of aromatic nitrogens is 5. The number of rotatable bonds is 9. The molecule has 0 saturated heterocycles. The maximum Gasteiger partial charge on any atom is 0.416 e. The summed E-state index contributed by atoms with van der Waals surface area (Å²) in [4.78, 5) is 6.26. The molecule has 6 nitrogen and oxygen atoms in total. The SMILES string of the molecule is CCC(C)(C)n1nnnc1[C@H](c1cccc(C(F)(F)F)c1)N(Cc1cccnc1)Cc1ccccc1Cl. The van der Waals surface area contributed by atoms with E-state index in [-0.39, 0.29) is 0 Å². The lowest BCUT2D eigenvalue weighted by Gasteiger charge is -2.34. The van der Waals surface area contributed by atoms with Crippen molar-refractivity contribution in [2.24, 2.45) is 0 Å². The van der Waals surface area contributed by atoms with Gasteiger partial charge in [-0.3, -0.25) is 9.88 Å². The van der Waals surface area contributed by atoms with E-state index in [1.165, 1.54) is 12.1 Å². The lowest BCUT2D eigenvalue weighted by molar-refractivity contribution is -0.137. The van der Waals surface area contributed by atoms with Gasteiger partial charge in [0.25, 0.3) is 0 Å². The molecule has 0 unspecified atom stereocenters. The third-order valence-corrected chi connectivity index (χ3v) is 6.88. The molecular formula is C27H28ClF3N6. The predicted octanol–water partition coefficient (Wildman–Crippen LogP) is 6.68. The Kier molecular flexibility index (Phi) is 7.94. The van der Waals surface area contributed by atoms with Crippen molar-refractivity contribution in [1.29, 1.82) is 0 Å². The first-order valence-electron chi connectivity index (χ1n) is 11.9. The zero-order chi connectivity index (χ0) is 26.6. The Morgan fingerprint density at radius 3 is 2.46 bits per heavy atom. The molecule has 4 rings (SSSR count). The van der Waals surface area contributed by atoms with E-state index in [1.807, 2.05) is 56.0 Å². The van der Waals surface area contributed by atoms with E-state index < -0.39 is 23.3 Å². The summed E-state index contributed by atoms with van der Waals surface area (Å²) in [6.07, 6.45) is -0.363. The van der Waals surface area contributed by atoms with E-state index in [2.05, 4.69) is 20.5 Å². The van der Waals surface area contributed by atoms with Gasteiger partial charge in [0.1, 0.15) is 0 Å². The van der Waals surface area contributed by atoms with Crippen LogP contribution in [0.15, 0.2) is 73.1 Å². The van der Waals surface area contributed by atoms with Gasteiger partial charge in [0.15, 0.2) is 5.82 Å². The highest BCUT2D eigenvalue weighted by Crippen LogP contribution is 2.37. The Hall–Kier alpha value is -3.30. The highest BCUT2D eigenvalue weighted by atomic mass is 35.5. The van der Waals surface area contributed by atoms with Gasteiger partial charge in [-0.1, -0.05) is 54.9 Å². The van der Waals surface area contributed by atoms with Gasteiger partial charge in [-0.25, -0.2) is 4.68 Å². The van der Waals surface area contributed by atoms with Crippen LogP contribution in [0.2, 0.25) is 5.02 Å². The fourth-order valence-electron chi connectivity index (χ4n) is 4.16. The molecule has 37 heavy (non-hydrogen) atoms. The molecule has 0 N–H and O–H groups in total. The molecule has 0 aliphatic heterocycles. The summed E-state index contributed by atoms with van der Waals surface area (Å²) in [6.45, 7) is 6.72. The summed E-state index contributed by atoms with van der Waals surface area (Å²) in [7, 11) is 0. The molecule has 0 radical (unpaired) electrons. The third kappa shape index (κ3) is 6.17. The average molecular weight is 529 g/mol. The lowest BCUT2D eigenvalue weighted by atomic mass is 9.97. The number of hydrogen-bond acceptors (Lipinski definition) is 5. The second kappa shape index (κ2) is 11.0. The van der Waals surface area contributed by atoms with Gasteiger partial charge in [-0.2, -0.15) is 13.2 Å². The van der Waals surface area contributed by atoms with Crippen LogP contribution in [-0.4, -0.2) is 30.1 Å². The molecule has 194 valence electrons. The van der Waals surface area contributed by atoms with Crippen molar-refractivity contribution in [3.63, 3.8) is 0 Å². The minimum Gasteiger partial charge on any atom is -0.281 e.